The summed E-state index contributed by atoms with van der Waals surface area (Å²) in [7, 11) is 0. The molecule has 1 aliphatic carbocycles. The summed E-state index contributed by atoms with van der Waals surface area (Å²) in [5, 5.41) is 6.54. The molecule has 1 aromatic heterocycles. The lowest BCUT2D eigenvalue weighted by atomic mass is 10.1. The second-order valence-corrected chi connectivity index (χ2v) is 5.18. The first kappa shape index (κ1) is 12.4. The van der Waals surface area contributed by atoms with Crippen molar-refractivity contribution in [2.45, 2.75) is 33.1 Å². The molecule has 0 unspecified atom stereocenters. The molecule has 2 N–H and O–H groups in total. The van der Waals surface area contributed by atoms with E-state index in [0.717, 1.165) is 19.5 Å². The van der Waals surface area contributed by atoms with Crippen LogP contribution in [0, 0.1) is 5.41 Å². The highest BCUT2D eigenvalue weighted by atomic mass is 35.5. The largest absolute Gasteiger partial charge is 0.354 e. The number of nitrogens with one attached hydrogen (secondary N) is 2. The molecule has 0 spiro atoms. The van der Waals surface area contributed by atoms with Gasteiger partial charge in [0.2, 0.25) is 17.2 Å². The Bertz CT molecular complexity index is 391. The van der Waals surface area contributed by atoms with Gasteiger partial charge in [-0.15, -0.1) is 0 Å². The number of hydrogen-bond donors (Lipinski definition) is 2. The Hall–Kier alpha value is -1.10. The Morgan fingerprint density at radius 1 is 1.18 bits per heavy atom. The third kappa shape index (κ3) is 3.70. The standard InChI is InChI=1S/C11H18ClN5/c1-3-6-13-9-15-8(12)16-10(17-9)14-7-11(2)4-5-11/h3-7H2,1-2H3,(H2,13,14,15,16,17). The van der Waals surface area contributed by atoms with Crippen molar-refractivity contribution in [3.05, 3.63) is 5.28 Å². The minimum Gasteiger partial charge on any atom is -0.354 e. The molecule has 0 radical (unpaired) electrons. The Balaban J connectivity index is 1.97. The maximum absolute atomic E-state index is 5.85. The Morgan fingerprint density at radius 3 is 2.41 bits per heavy atom. The highest BCUT2D eigenvalue weighted by Gasteiger charge is 2.36. The van der Waals surface area contributed by atoms with E-state index in [1.54, 1.807) is 0 Å². The second kappa shape index (κ2) is 5.04. The van der Waals surface area contributed by atoms with Crippen LogP contribution in [0.3, 0.4) is 0 Å². The van der Waals surface area contributed by atoms with Crippen molar-refractivity contribution >= 4 is 23.5 Å². The first-order valence-corrected chi connectivity index (χ1v) is 6.38. The molecule has 6 heteroatoms. The summed E-state index contributed by atoms with van der Waals surface area (Å²) in [6, 6.07) is 0. The van der Waals surface area contributed by atoms with Crippen LogP contribution in [0.4, 0.5) is 11.9 Å². The molecule has 0 aromatic carbocycles. The van der Waals surface area contributed by atoms with Crippen LogP contribution in [0.25, 0.3) is 0 Å². The van der Waals surface area contributed by atoms with Crippen LogP contribution in [0.1, 0.15) is 33.1 Å². The minimum atomic E-state index is 0.224. The molecule has 1 aromatic rings. The summed E-state index contributed by atoms with van der Waals surface area (Å²) in [6.07, 6.45) is 3.55. The van der Waals surface area contributed by atoms with E-state index in [1.165, 1.54) is 12.8 Å². The monoisotopic (exact) mass is 255 g/mol. The van der Waals surface area contributed by atoms with E-state index in [2.05, 4.69) is 39.4 Å². The molecule has 0 bridgehead atoms. The van der Waals surface area contributed by atoms with E-state index in [-0.39, 0.29) is 5.28 Å². The highest BCUT2D eigenvalue weighted by Crippen LogP contribution is 2.44. The molecule has 2 rings (SSSR count). The van der Waals surface area contributed by atoms with Crippen molar-refractivity contribution in [3.63, 3.8) is 0 Å². The summed E-state index contributed by atoms with van der Waals surface area (Å²) in [5.74, 6) is 1.09. The normalized spacial score (nSPS) is 16.6. The Labute approximate surface area is 106 Å². The number of anilines is 2. The Morgan fingerprint density at radius 2 is 1.82 bits per heavy atom. The SMILES string of the molecule is CCCNc1nc(Cl)nc(NCC2(C)CC2)n1. The van der Waals surface area contributed by atoms with Gasteiger partial charge in [-0.25, -0.2) is 0 Å². The molecule has 17 heavy (non-hydrogen) atoms. The fourth-order valence-corrected chi connectivity index (χ4v) is 1.59. The van der Waals surface area contributed by atoms with E-state index < -0.39 is 0 Å². The third-order valence-corrected chi connectivity index (χ3v) is 3.09. The van der Waals surface area contributed by atoms with Gasteiger partial charge >= 0.3 is 0 Å². The van der Waals surface area contributed by atoms with Crippen molar-refractivity contribution in [2.75, 3.05) is 23.7 Å². The van der Waals surface area contributed by atoms with Gasteiger partial charge in [-0.3, -0.25) is 0 Å². The highest BCUT2D eigenvalue weighted by molar-refractivity contribution is 6.28. The van der Waals surface area contributed by atoms with Gasteiger partial charge in [0.25, 0.3) is 0 Å². The molecule has 0 amide bonds. The minimum absolute atomic E-state index is 0.224. The number of aromatic nitrogens is 3. The zero-order valence-corrected chi connectivity index (χ0v) is 11.0. The van der Waals surface area contributed by atoms with Crippen LogP contribution in [-0.2, 0) is 0 Å². The molecule has 1 fully saturated rings. The van der Waals surface area contributed by atoms with Crippen LogP contribution < -0.4 is 10.6 Å². The van der Waals surface area contributed by atoms with E-state index in [9.17, 15) is 0 Å². The van der Waals surface area contributed by atoms with Crippen molar-refractivity contribution in [1.29, 1.82) is 0 Å². The number of nitrogens with zero attached hydrogens (tertiary/aromatic N) is 3. The van der Waals surface area contributed by atoms with Crippen LogP contribution in [0.15, 0.2) is 0 Å². The summed E-state index contributed by atoms with van der Waals surface area (Å²) >= 11 is 5.85. The van der Waals surface area contributed by atoms with E-state index in [4.69, 9.17) is 11.6 Å². The summed E-state index contributed by atoms with van der Waals surface area (Å²) < 4.78 is 0. The number of hydrogen-bond acceptors (Lipinski definition) is 5. The number of halogens is 1. The van der Waals surface area contributed by atoms with Crippen molar-refractivity contribution in [2.24, 2.45) is 5.41 Å². The molecule has 0 aliphatic heterocycles. The molecule has 0 atom stereocenters. The lowest BCUT2D eigenvalue weighted by Crippen LogP contribution is -2.15. The van der Waals surface area contributed by atoms with Crippen LogP contribution >= 0.6 is 11.6 Å². The van der Waals surface area contributed by atoms with Gasteiger partial charge in [-0.05, 0) is 36.3 Å². The van der Waals surface area contributed by atoms with Crippen molar-refractivity contribution < 1.29 is 0 Å². The zero-order valence-electron chi connectivity index (χ0n) is 10.3. The maximum atomic E-state index is 5.85. The van der Waals surface area contributed by atoms with E-state index in [1.807, 2.05) is 0 Å². The van der Waals surface area contributed by atoms with Gasteiger partial charge < -0.3 is 10.6 Å². The lowest BCUT2D eigenvalue weighted by Gasteiger charge is -2.11. The molecule has 1 aliphatic rings. The van der Waals surface area contributed by atoms with Crippen LogP contribution in [-0.4, -0.2) is 28.0 Å². The van der Waals surface area contributed by atoms with Gasteiger partial charge in [0.05, 0.1) is 0 Å². The van der Waals surface area contributed by atoms with Crippen molar-refractivity contribution in [1.82, 2.24) is 15.0 Å². The number of rotatable bonds is 6. The van der Waals surface area contributed by atoms with Crippen LogP contribution in [0.5, 0.6) is 0 Å². The predicted octanol–water partition coefficient (Wildman–Crippen LogP) is 2.56. The molecule has 94 valence electrons. The second-order valence-electron chi connectivity index (χ2n) is 4.84. The first-order chi connectivity index (χ1) is 8.11. The van der Waals surface area contributed by atoms with Crippen LogP contribution in [0.2, 0.25) is 5.28 Å². The predicted molar refractivity (Wildman–Crippen MR) is 69.4 cm³/mol. The average molecular weight is 256 g/mol. The Kier molecular flexibility index (Phi) is 3.66. The fourth-order valence-electron chi connectivity index (χ4n) is 1.43. The average Bonchev–Trinajstić information content (AvgIpc) is 3.02. The van der Waals surface area contributed by atoms with Gasteiger partial charge in [-0.1, -0.05) is 13.8 Å². The summed E-state index contributed by atoms with van der Waals surface area (Å²) in [4.78, 5) is 12.4. The van der Waals surface area contributed by atoms with E-state index >= 15 is 0 Å². The van der Waals surface area contributed by atoms with Gasteiger partial charge in [-0.2, -0.15) is 15.0 Å². The van der Waals surface area contributed by atoms with E-state index in [0.29, 0.717) is 17.3 Å². The molecule has 0 saturated heterocycles. The summed E-state index contributed by atoms with van der Waals surface area (Å²) in [5.41, 5.74) is 0.413. The third-order valence-electron chi connectivity index (χ3n) is 2.92. The zero-order chi connectivity index (χ0) is 12.3. The van der Waals surface area contributed by atoms with Gasteiger partial charge in [0.15, 0.2) is 0 Å². The van der Waals surface area contributed by atoms with Crippen molar-refractivity contribution in [3.8, 4) is 0 Å². The molecule has 1 heterocycles. The maximum Gasteiger partial charge on any atom is 0.228 e. The molecule has 5 nitrogen and oxygen atoms in total. The van der Waals surface area contributed by atoms with Gasteiger partial charge in [0.1, 0.15) is 0 Å². The topological polar surface area (TPSA) is 62.7 Å². The smallest absolute Gasteiger partial charge is 0.228 e. The quantitative estimate of drug-likeness (QED) is 0.818. The lowest BCUT2D eigenvalue weighted by molar-refractivity contribution is 0.607. The first-order valence-electron chi connectivity index (χ1n) is 6.01. The summed E-state index contributed by atoms with van der Waals surface area (Å²) in [6.45, 7) is 6.06. The molecular weight excluding hydrogens is 238 g/mol. The fraction of sp³-hybridized carbons (Fsp3) is 0.727. The molecule has 1 saturated carbocycles. The van der Waals surface area contributed by atoms with Gasteiger partial charge in [0, 0.05) is 13.1 Å². The molecular formula is C11H18ClN5.